The molecule has 1 aromatic carbocycles. The molecule has 0 saturated carbocycles. The molecule has 0 saturated heterocycles. The Hall–Kier alpha value is -3.88. The van der Waals surface area contributed by atoms with Gasteiger partial charge in [0.15, 0.2) is 0 Å². The van der Waals surface area contributed by atoms with Crippen molar-refractivity contribution in [2.75, 3.05) is 14.2 Å². The first kappa shape index (κ1) is 21.8. The fourth-order valence-electron chi connectivity index (χ4n) is 3.39. The summed E-state index contributed by atoms with van der Waals surface area (Å²) in [6.45, 7) is 3.15. The lowest BCUT2D eigenvalue weighted by Gasteiger charge is -2.28. The predicted molar refractivity (Wildman–Crippen MR) is 109 cm³/mol. The van der Waals surface area contributed by atoms with Crippen LogP contribution in [0, 0.1) is 5.92 Å². The second-order valence-corrected chi connectivity index (χ2v) is 6.85. The highest BCUT2D eigenvalue weighted by molar-refractivity contribution is 6.05. The molecule has 0 atom stereocenters. The highest BCUT2D eigenvalue weighted by atomic mass is 16.5. The van der Waals surface area contributed by atoms with Crippen molar-refractivity contribution >= 4 is 17.9 Å². The van der Waals surface area contributed by atoms with Crippen molar-refractivity contribution in [3.63, 3.8) is 0 Å². The van der Waals surface area contributed by atoms with Gasteiger partial charge in [-0.1, -0.05) is 18.2 Å². The lowest BCUT2D eigenvalue weighted by Crippen LogP contribution is -2.37. The van der Waals surface area contributed by atoms with Gasteiger partial charge in [-0.05, 0) is 26.0 Å². The summed E-state index contributed by atoms with van der Waals surface area (Å²) < 4.78 is 16.8. The van der Waals surface area contributed by atoms with Gasteiger partial charge in [-0.2, -0.15) is 5.10 Å². The maximum absolute atomic E-state index is 13.0. The standard InChI is InChI=1S/C22H23N3O6/c1-13-17(20(26)29-3)19(18(14(2)24-13)21(27)30-4)22(28)31-12-15-10-23-25(11-15)16-8-6-5-7-9-16/h5-11,19,24H,12H2,1-4H3. The third-order valence-electron chi connectivity index (χ3n) is 4.84. The van der Waals surface area contributed by atoms with Gasteiger partial charge >= 0.3 is 17.9 Å². The summed E-state index contributed by atoms with van der Waals surface area (Å²) >= 11 is 0. The van der Waals surface area contributed by atoms with E-state index in [0.717, 1.165) is 5.69 Å². The summed E-state index contributed by atoms with van der Waals surface area (Å²) in [6.07, 6.45) is 3.31. The Morgan fingerprint density at radius 2 is 1.58 bits per heavy atom. The highest BCUT2D eigenvalue weighted by Gasteiger charge is 2.42. The maximum atomic E-state index is 13.0. The number of nitrogens with one attached hydrogen (secondary N) is 1. The molecule has 0 spiro atoms. The van der Waals surface area contributed by atoms with E-state index in [1.54, 1.807) is 30.9 Å². The van der Waals surface area contributed by atoms with Gasteiger partial charge in [0.1, 0.15) is 12.5 Å². The van der Waals surface area contributed by atoms with Gasteiger partial charge in [0.25, 0.3) is 0 Å². The number of methoxy groups -OCH3 is 2. The first-order valence-electron chi connectivity index (χ1n) is 9.48. The Morgan fingerprint density at radius 1 is 1.00 bits per heavy atom. The van der Waals surface area contributed by atoms with Gasteiger partial charge in [0.2, 0.25) is 0 Å². The van der Waals surface area contributed by atoms with Gasteiger partial charge < -0.3 is 19.5 Å². The molecule has 162 valence electrons. The molecule has 1 aliphatic rings. The topological polar surface area (TPSA) is 109 Å². The molecule has 9 heteroatoms. The molecule has 1 N–H and O–H groups in total. The van der Waals surface area contributed by atoms with Crippen molar-refractivity contribution in [2.24, 2.45) is 5.92 Å². The second kappa shape index (κ2) is 9.29. The van der Waals surface area contributed by atoms with Crippen LogP contribution in [0.4, 0.5) is 0 Å². The van der Waals surface area contributed by atoms with Crippen molar-refractivity contribution < 1.29 is 28.6 Å². The van der Waals surface area contributed by atoms with Crippen LogP contribution in [-0.2, 0) is 35.2 Å². The zero-order chi connectivity index (χ0) is 22.5. The number of hydrogen-bond acceptors (Lipinski definition) is 8. The van der Waals surface area contributed by atoms with E-state index in [0.29, 0.717) is 17.0 Å². The summed E-state index contributed by atoms with van der Waals surface area (Å²) in [7, 11) is 2.40. The molecule has 0 fully saturated rings. The van der Waals surface area contributed by atoms with Gasteiger partial charge in [0, 0.05) is 23.2 Å². The molecule has 0 unspecified atom stereocenters. The van der Waals surface area contributed by atoms with Crippen LogP contribution in [0.3, 0.4) is 0 Å². The molecule has 2 aromatic rings. The number of allylic oxidation sites excluding steroid dienone is 2. The monoisotopic (exact) mass is 425 g/mol. The molecule has 31 heavy (non-hydrogen) atoms. The Balaban J connectivity index is 1.84. The van der Waals surface area contributed by atoms with E-state index >= 15 is 0 Å². The number of nitrogens with zero attached hydrogens (tertiary/aromatic N) is 2. The molecular weight excluding hydrogens is 402 g/mol. The van der Waals surface area contributed by atoms with Crippen LogP contribution in [0.1, 0.15) is 19.4 Å². The van der Waals surface area contributed by atoms with E-state index in [9.17, 15) is 14.4 Å². The van der Waals surface area contributed by atoms with E-state index < -0.39 is 23.8 Å². The summed E-state index contributed by atoms with van der Waals surface area (Å²) in [5.41, 5.74) is 2.30. The van der Waals surface area contributed by atoms with Crippen LogP contribution in [0.2, 0.25) is 0 Å². The fourth-order valence-corrected chi connectivity index (χ4v) is 3.39. The van der Waals surface area contributed by atoms with Gasteiger partial charge in [0.05, 0.1) is 37.3 Å². The van der Waals surface area contributed by atoms with E-state index in [1.165, 1.54) is 14.2 Å². The third-order valence-corrected chi connectivity index (χ3v) is 4.84. The van der Waals surface area contributed by atoms with Gasteiger partial charge in [-0.3, -0.25) is 4.79 Å². The minimum absolute atomic E-state index is 0.00141. The number of hydrogen-bond donors (Lipinski definition) is 1. The number of dihydropyridines is 1. The summed E-state index contributed by atoms with van der Waals surface area (Å²) in [4.78, 5) is 37.8. The zero-order valence-electron chi connectivity index (χ0n) is 17.7. The van der Waals surface area contributed by atoms with Crippen molar-refractivity contribution in [3.8, 4) is 5.69 Å². The van der Waals surface area contributed by atoms with E-state index in [1.807, 2.05) is 30.3 Å². The SMILES string of the molecule is COC(=O)C1=C(C)NC(C)=C(C(=O)OC)C1C(=O)OCc1cnn(-c2ccccc2)c1. The quantitative estimate of drug-likeness (QED) is 0.553. The van der Waals surface area contributed by atoms with Crippen molar-refractivity contribution in [3.05, 3.63) is 70.8 Å². The minimum atomic E-state index is -1.27. The normalized spacial score (nSPS) is 14.2. The summed E-state index contributed by atoms with van der Waals surface area (Å²) in [5.74, 6) is -3.52. The number of carbonyl (C=O) groups excluding carboxylic acids is 3. The number of rotatable bonds is 6. The van der Waals surface area contributed by atoms with Crippen LogP contribution in [0.25, 0.3) is 5.69 Å². The Kier molecular flexibility index (Phi) is 6.54. The highest BCUT2D eigenvalue weighted by Crippen LogP contribution is 2.32. The van der Waals surface area contributed by atoms with Crippen LogP contribution < -0.4 is 5.32 Å². The number of para-hydroxylation sites is 1. The maximum Gasteiger partial charge on any atom is 0.336 e. The van der Waals surface area contributed by atoms with E-state index in [4.69, 9.17) is 14.2 Å². The molecule has 1 aliphatic heterocycles. The molecular formula is C22H23N3O6. The number of aromatic nitrogens is 2. The molecule has 0 aliphatic carbocycles. The third kappa shape index (κ3) is 4.50. The summed E-state index contributed by atoms with van der Waals surface area (Å²) in [5, 5.41) is 7.19. The summed E-state index contributed by atoms with van der Waals surface area (Å²) in [6, 6.07) is 9.46. The molecule has 9 nitrogen and oxygen atoms in total. The Morgan fingerprint density at radius 3 is 2.13 bits per heavy atom. The first-order chi connectivity index (χ1) is 14.9. The van der Waals surface area contributed by atoms with Crippen LogP contribution >= 0.6 is 0 Å². The lowest BCUT2D eigenvalue weighted by molar-refractivity contribution is -0.152. The number of benzene rings is 1. The van der Waals surface area contributed by atoms with Gasteiger partial charge in [-0.15, -0.1) is 0 Å². The zero-order valence-corrected chi connectivity index (χ0v) is 17.7. The minimum Gasteiger partial charge on any atom is -0.466 e. The van der Waals surface area contributed by atoms with E-state index in [-0.39, 0.29) is 17.8 Å². The Labute approximate surface area is 179 Å². The largest absolute Gasteiger partial charge is 0.466 e. The van der Waals surface area contributed by atoms with Gasteiger partial charge in [-0.25, -0.2) is 14.3 Å². The molecule has 3 rings (SSSR count). The van der Waals surface area contributed by atoms with Crippen molar-refractivity contribution in [1.82, 2.24) is 15.1 Å². The fraction of sp³-hybridized carbons (Fsp3) is 0.273. The number of carbonyl (C=O) groups is 3. The van der Waals surface area contributed by atoms with Crippen LogP contribution in [0.15, 0.2) is 65.3 Å². The Bertz CT molecular complexity index is 1030. The van der Waals surface area contributed by atoms with Crippen molar-refractivity contribution in [1.29, 1.82) is 0 Å². The molecule has 0 radical (unpaired) electrons. The molecule has 1 aromatic heterocycles. The average molecular weight is 425 g/mol. The molecule has 0 amide bonds. The predicted octanol–water partition coefficient (Wildman–Crippen LogP) is 2.03. The van der Waals surface area contributed by atoms with E-state index in [2.05, 4.69) is 10.4 Å². The average Bonchev–Trinajstić information content (AvgIpc) is 3.25. The second-order valence-electron chi connectivity index (χ2n) is 6.85. The smallest absolute Gasteiger partial charge is 0.336 e. The number of ether oxygens (including phenoxy) is 3. The number of esters is 3. The van der Waals surface area contributed by atoms with Crippen molar-refractivity contribution in [2.45, 2.75) is 20.5 Å². The van der Waals surface area contributed by atoms with Crippen LogP contribution in [0.5, 0.6) is 0 Å². The first-order valence-corrected chi connectivity index (χ1v) is 9.48. The lowest BCUT2D eigenvalue weighted by atomic mass is 9.85. The molecule has 0 bridgehead atoms. The van der Waals surface area contributed by atoms with Crippen LogP contribution in [-0.4, -0.2) is 41.9 Å². The molecule has 2 heterocycles.